The first-order chi connectivity index (χ1) is 2.64. The second kappa shape index (κ2) is 1.77. The highest BCUT2D eigenvalue weighted by molar-refractivity contribution is 6.29. The topological polar surface area (TPSA) is 78.1 Å². The first kappa shape index (κ1) is 5.43. The Morgan fingerprint density at radius 2 is 1.33 bits per heavy atom. The van der Waals surface area contributed by atoms with E-state index in [9.17, 15) is 0 Å². The van der Waals surface area contributed by atoms with E-state index in [0.717, 1.165) is 0 Å². The molecule has 0 rings (SSSR count). The summed E-state index contributed by atoms with van der Waals surface area (Å²) in [7, 11) is 0. The zero-order valence-electron chi connectivity index (χ0n) is 3.11. The van der Waals surface area contributed by atoms with Gasteiger partial charge in [-0.15, -0.1) is 0 Å². The Balaban J connectivity index is 3.68. The largest absolute Gasteiger partial charge is 0.387 e. The third kappa shape index (κ3) is 1.72. The highest BCUT2D eigenvalue weighted by Crippen LogP contribution is 1.86. The van der Waals surface area contributed by atoms with Crippen LogP contribution >= 0.6 is 11.6 Å². The average Bonchev–Trinajstić information content (AvgIpc) is 1.36. The van der Waals surface area contributed by atoms with E-state index in [1.807, 2.05) is 0 Å². The fourth-order valence-electron chi connectivity index (χ4n) is 0. The molecule has 0 heterocycles. The van der Waals surface area contributed by atoms with Crippen molar-refractivity contribution in [3.8, 4) is 0 Å². The normalized spacial score (nSPS) is 7.50. The van der Waals surface area contributed by atoms with Crippen molar-refractivity contribution < 1.29 is 0 Å². The van der Waals surface area contributed by atoms with Crippen molar-refractivity contribution in [2.45, 2.75) is 0 Å². The molecule has 0 saturated carbocycles. The van der Waals surface area contributed by atoms with E-state index in [2.05, 4.69) is 0 Å². The lowest BCUT2D eigenvalue weighted by molar-refractivity contribution is 1.20. The van der Waals surface area contributed by atoms with Gasteiger partial charge in [-0.25, -0.2) is 0 Å². The van der Waals surface area contributed by atoms with Gasteiger partial charge >= 0.3 is 0 Å². The summed E-state index contributed by atoms with van der Waals surface area (Å²) in [6, 6.07) is 0. The summed E-state index contributed by atoms with van der Waals surface area (Å²) in [4.78, 5) is 0. The van der Waals surface area contributed by atoms with Gasteiger partial charge in [0.1, 0.15) is 11.0 Å². The zero-order chi connectivity index (χ0) is 5.15. The minimum absolute atomic E-state index is 0.0309. The van der Waals surface area contributed by atoms with E-state index in [1.54, 1.807) is 0 Å². The van der Waals surface area contributed by atoms with Crippen LogP contribution in [0.1, 0.15) is 0 Å². The summed E-state index contributed by atoms with van der Waals surface area (Å²) >= 11 is 5.02. The molecule has 0 fully saturated rings. The van der Waals surface area contributed by atoms with E-state index in [4.69, 9.17) is 28.8 Å². The maximum atomic E-state index is 5.02. The molecular formula is C2H6ClN3. The maximum Gasteiger partial charge on any atom is 0.139 e. The third-order valence-corrected chi connectivity index (χ3v) is 0.494. The molecule has 0 aromatic heterocycles. The first-order valence-corrected chi connectivity index (χ1v) is 1.68. The molecule has 6 heavy (non-hydrogen) atoms. The van der Waals surface area contributed by atoms with E-state index >= 15 is 0 Å². The number of rotatable bonds is 0. The molecule has 0 aliphatic heterocycles. The monoisotopic (exact) mass is 107 g/mol. The Kier molecular flexibility index (Phi) is 1.60. The maximum absolute atomic E-state index is 5.02. The van der Waals surface area contributed by atoms with Gasteiger partial charge in [0.2, 0.25) is 0 Å². The smallest absolute Gasteiger partial charge is 0.139 e. The predicted molar refractivity (Wildman–Crippen MR) is 25.4 cm³/mol. The Bertz CT molecular complexity index is 58.9. The molecule has 0 unspecified atom stereocenters. The molecule has 0 aliphatic rings. The van der Waals surface area contributed by atoms with Crippen molar-refractivity contribution in [2.75, 3.05) is 0 Å². The lowest BCUT2D eigenvalue weighted by atomic mass is 10.8. The van der Waals surface area contributed by atoms with Gasteiger partial charge in [0, 0.05) is 0 Å². The fourth-order valence-corrected chi connectivity index (χ4v) is 0. The average molecular weight is 108 g/mol. The second-order valence-electron chi connectivity index (χ2n) is 0.803. The van der Waals surface area contributed by atoms with Crippen molar-refractivity contribution in [3.63, 3.8) is 0 Å². The molecule has 0 aromatic carbocycles. The van der Waals surface area contributed by atoms with Crippen molar-refractivity contribution in [3.05, 3.63) is 11.0 Å². The van der Waals surface area contributed by atoms with Crippen LogP contribution in [0.5, 0.6) is 0 Å². The van der Waals surface area contributed by atoms with Gasteiger partial charge in [0.15, 0.2) is 0 Å². The van der Waals surface area contributed by atoms with Gasteiger partial charge in [-0.05, 0) is 0 Å². The van der Waals surface area contributed by atoms with Crippen LogP contribution in [0.2, 0.25) is 0 Å². The van der Waals surface area contributed by atoms with Crippen molar-refractivity contribution in [1.82, 2.24) is 0 Å². The van der Waals surface area contributed by atoms with E-state index in [0.29, 0.717) is 0 Å². The highest BCUT2D eigenvalue weighted by atomic mass is 35.5. The SMILES string of the molecule is NC(N)=C(N)Cl. The second-order valence-corrected chi connectivity index (χ2v) is 1.21. The Hall–Kier alpha value is -0.570. The molecule has 0 atom stereocenters. The first-order valence-electron chi connectivity index (χ1n) is 1.31. The molecule has 0 aromatic rings. The summed E-state index contributed by atoms with van der Waals surface area (Å²) in [5.41, 5.74) is 14.5. The van der Waals surface area contributed by atoms with Crippen LogP contribution in [0.3, 0.4) is 0 Å². The lowest BCUT2D eigenvalue weighted by Gasteiger charge is -1.86. The van der Waals surface area contributed by atoms with Crippen LogP contribution in [0, 0.1) is 0 Å². The predicted octanol–water partition coefficient (Wildman–Crippen LogP) is -0.772. The Morgan fingerprint density at radius 3 is 1.33 bits per heavy atom. The van der Waals surface area contributed by atoms with E-state index in [1.165, 1.54) is 0 Å². The zero-order valence-corrected chi connectivity index (χ0v) is 3.87. The van der Waals surface area contributed by atoms with Gasteiger partial charge in [0.25, 0.3) is 0 Å². The summed E-state index contributed by atoms with van der Waals surface area (Å²) in [6.07, 6.45) is 0. The molecule has 0 radical (unpaired) electrons. The van der Waals surface area contributed by atoms with Gasteiger partial charge in [-0.1, -0.05) is 11.6 Å². The van der Waals surface area contributed by atoms with Crippen LogP contribution in [0.4, 0.5) is 0 Å². The number of hydrogen-bond donors (Lipinski definition) is 3. The van der Waals surface area contributed by atoms with Crippen LogP contribution in [0.15, 0.2) is 11.0 Å². The molecule has 0 aliphatic carbocycles. The molecular weight excluding hydrogens is 101 g/mol. The van der Waals surface area contributed by atoms with Gasteiger partial charge in [-0.2, -0.15) is 0 Å². The Morgan fingerprint density at radius 1 is 1.17 bits per heavy atom. The van der Waals surface area contributed by atoms with E-state index in [-0.39, 0.29) is 11.0 Å². The molecule has 36 valence electrons. The van der Waals surface area contributed by atoms with Crippen molar-refractivity contribution >= 4 is 11.6 Å². The third-order valence-electron chi connectivity index (χ3n) is 0.276. The summed E-state index contributed by atoms with van der Waals surface area (Å²) in [5.74, 6) is -0.0309. The lowest BCUT2D eigenvalue weighted by Crippen LogP contribution is -2.13. The number of hydrogen-bond acceptors (Lipinski definition) is 3. The number of halogens is 1. The molecule has 0 amide bonds. The van der Waals surface area contributed by atoms with Gasteiger partial charge in [0.05, 0.1) is 0 Å². The fraction of sp³-hybridized carbons (Fsp3) is 0. The summed E-state index contributed by atoms with van der Waals surface area (Å²) < 4.78 is 0. The van der Waals surface area contributed by atoms with Crippen molar-refractivity contribution in [1.29, 1.82) is 0 Å². The number of nitrogens with two attached hydrogens (primary N) is 3. The summed E-state index contributed by atoms with van der Waals surface area (Å²) in [6.45, 7) is 0. The van der Waals surface area contributed by atoms with E-state index < -0.39 is 0 Å². The van der Waals surface area contributed by atoms with Crippen LogP contribution in [-0.4, -0.2) is 0 Å². The molecule has 0 saturated heterocycles. The molecule has 0 spiro atoms. The van der Waals surface area contributed by atoms with Gasteiger partial charge < -0.3 is 17.2 Å². The molecule has 4 heteroatoms. The molecule has 3 nitrogen and oxygen atoms in total. The molecule has 0 bridgehead atoms. The van der Waals surface area contributed by atoms with Crippen LogP contribution < -0.4 is 17.2 Å². The minimum atomic E-state index is -0.0463. The van der Waals surface area contributed by atoms with Crippen molar-refractivity contribution in [2.24, 2.45) is 17.2 Å². The van der Waals surface area contributed by atoms with Crippen LogP contribution in [0.25, 0.3) is 0 Å². The quantitative estimate of drug-likeness (QED) is 0.356. The van der Waals surface area contributed by atoms with Gasteiger partial charge in [-0.3, -0.25) is 0 Å². The minimum Gasteiger partial charge on any atom is -0.387 e. The molecule has 6 N–H and O–H groups in total. The highest BCUT2D eigenvalue weighted by Gasteiger charge is 1.80. The Labute approximate surface area is 40.7 Å². The van der Waals surface area contributed by atoms with Crippen LogP contribution in [-0.2, 0) is 0 Å². The summed E-state index contributed by atoms with van der Waals surface area (Å²) in [5, 5.41) is -0.0463. The standard InChI is InChI=1S/C2H6ClN3/c3-1(4)2(5)6/h4-6H2.